The summed E-state index contributed by atoms with van der Waals surface area (Å²) in [6.45, 7) is 5.11. The molecule has 3 nitrogen and oxygen atoms in total. The van der Waals surface area contributed by atoms with Gasteiger partial charge in [-0.2, -0.15) is 0 Å². The third kappa shape index (κ3) is 4.28. The number of nitrogens with zero attached hydrogens (tertiary/aromatic N) is 2. The molecule has 0 bridgehead atoms. The summed E-state index contributed by atoms with van der Waals surface area (Å²) in [5, 5.41) is 0.880. The summed E-state index contributed by atoms with van der Waals surface area (Å²) < 4.78 is 13.1. The van der Waals surface area contributed by atoms with Crippen LogP contribution in [-0.4, -0.2) is 29.8 Å². The molecule has 0 radical (unpaired) electrons. The summed E-state index contributed by atoms with van der Waals surface area (Å²) in [5.41, 5.74) is 3.87. The molecule has 5 heteroatoms. The summed E-state index contributed by atoms with van der Waals surface area (Å²) in [4.78, 5) is 19.3. The van der Waals surface area contributed by atoms with E-state index in [4.69, 9.17) is 0 Å². The second-order valence-corrected chi connectivity index (χ2v) is 7.21. The van der Waals surface area contributed by atoms with Crippen LogP contribution in [0.5, 0.6) is 0 Å². The minimum absolute atomic E-state index is 0.0490. The van der Waals surface area contributed by atoms with Crippen molar-refractivity contribution in [2.24, 2.45) is 4.99 Å². The number of hydrogen-bond acceptors (Lipinski definition) is 4. The highest BCUT2D eigenvalue weighted by molar-refractivity contribution is 8.14. The van der Waals surface area contributed by atoms with Crippen molar-refractivity contribution in [3.05, 3.63) is 65.0 Å². The molecular formula is C20H21FN2OS. The second kappa shape index (κ2) is 7.83. The van der Waals surface area contributed by atoms with Gasteiger partial charge in [-0.15, -0.1) is 0 Å². The Morgan fingerprint density at radius 3 is 2.56 bits per heavy atom. The van der Waals surface area contributed by atoms with Crippen LogP contribution < -0.4 is 4.90 Å². The van der Waals surface area contributed by atoms with Gasteiger partial charge in [-0.05, 0) is 67.8 Å². The van der Waals surface area contributed by atoms with Crippen LogP contribution in [0.25, 0.3) is 0 Å². The van der Waals surface area contributed by atoms with E-state index in [0.29, 0.717) is 5.56 Å². The molecule has 1 aliphatic heterocycles. The van der Waals surface area contributed by atoms with Crippen LogP contribution in [-0.2, 0) is 0 Å². The quantitative estimate of drug-likeness (QED) is 0.749. The first-order valence-electron chi connectivity index (χ1n) is 8.35. The molecule has 0 unspecified atom stereocenters. The minimum Gasteiger partial charge on any atom is -0.313 e. The molecule has 1 aliphatic rings. The summed E-state index contributed by atoms with van der Waals surface area (Å²) in [7, 11) is 0. The number of benzene rings is 2. The normalized spacial score (nSPS) is 14.1. The molecule has 2 aromatic rings. The molecular weight excluding hydrogens is 335 g/mol. The van der Waals surface area contributed by atoms with Crippen LogP contribution >= 0.6 is 11.8 Å². The zero-order chi connectivity index (χ0) is 17.8. The lowest BCUT2D eigenvalue weighted by atomic mass is 10.1. The zero-order valence-corrected chi connectivity index (χ0v) is 15.3. The van der Waals surface area contributed by atoms with Crippen molar-refractivity contribution in [3.8, 4) is 0 Å². The standard InChI is InChI=1S/C20H21FN2OS/c1-14-4-9-18(12-15(14)2)23(20-22-10-3-11-25-20)13-19(24)16-5-7-17(21)8-6-16/h4-9,12H,3,10-11,13H2,1-2H3. The first kappa shape index (κ1) is 17.7. The largest absolute Gasteiger partial charge is 0.313 e. The van der Waals surface area contributed by atoms with Gasteiger partial charge in [0, 0.05) is 23.5 Å². The molecule has 130 valence electrons. The Hall–Kier alpha value is -2.14. The Balaban J connectivity index is 1.90. The summed E-state index contributed by atoms with van der Waals surface area (Å²) >= 11 is 1.68. The van der Waals surface area contributed by atoms with E-state index in [-0.39, 0.29) is 18.1 Å². The molecule has 0 spiro atoms. The van der Waals surface area contributed by atoms with Crippen molar-refractivity contribution in [2.75, 3.05) is 23.7 Å². The Bertz CT molecular complexity index is 802. The van der Waals surface area contributed by atoms with Gasteiger partial charge < -0.3 is 4.90 Å². The lowest BCUT2D eigenvalue weighted by Gasteiger charge is -2.27. The maximum absolute atomic E-state index is 13.1. The van der Waals surface area contributed by atoms with Gasteiger partial charge in [0.15, 0.2) is 11.0 Å². The van der Waals surface area contributed by atoms with E-state index >= 15 is 0 Å². The molecule has 0 aliphatic carbocycles. The van der Waals surface area contributed by atoms with E-state index in [1.807, 2.05) is 11.0 Å². The van der Waals surface area contributed by atoms with Gasteiger partial charge >= 0.3 is 0 Å². The van der Waals surface area contributed by atoms with Gasteiger partial charge in [0.25, 0.3) is 0 Å². The third-order valence-electron chi connectivity index (χ3n) is 4.28. The minimum atomic E-state index is -0.338. The lowest BCUT2D eigenvalue weighted by Crippen LogP contribution is -2.35. The molecule has 0 aromatic heterocycles. The Morgan fingerprint density at radius 1 is 1.16 bits per heavy atom. The third-order valence-corrected chi connectivity index (χ3v) is 5.38. The number of Topliss-reactive ketones (excluding diaryl/α,β-unsaturated/α-hetero) is 1. The van der Waals surface area contributed by atoms with Gasteiger partial charge in [0.05, 0.1) is 6.54 Å². The predicted octanol–water partition coefficient (Wildman–Crippen LogP) is 4.62. The Kier molecular flexibility index (Phi) is 5.53. The number of aryl methyl sites for hydroxylation is 2. The SMILES string of the molecule is Cc1ccc(N(CC(=O)c2ccc(F)cc2)C2=NCCCS2)cc1C. The fourth-order valence-electron chi connectivity index (χ4n) is 2.65. The van der Waals surface area contributed by atoms with Crippen LogP contribution in [0.3, 0.4) is 0 Å². The number of amidine groups is 1. The Morgan fingerprint density at radius 2 is 1.92 bits per heavy atom. The number of carbonyl (C=O) groups is 1. The number of rotatable bonds is 4. The zero-order valence-electron chi connectivity index (χ0n) is 14.5. The van der Waals surface area contributed by atoms with E-state index in [0.717, 1.165) is 29.6 Å². The summed E-state index contributed by atoms with van der Waals surface area (Å²) in [6, 6.07) is 11.9. The molecule has 0 fully saturated rings. The van der Waals surface area contributed by atoms with E-state index in [1.165, 1.54) is 35.4 Å². The van der Waals surface area contributed by atoms with E-state index in [9.17, 15) is 9.18 Å². The van der Waals surface area contributed by atoms with E-state index in [2.05, 4.69) is 31.0 Å². The van der Waals surface area contributed by atoms with Gasteiger partial charge in [0.2, 0.25) is 0 Å². The molecule has 0 N–H and O–H groups in total. The molecule has 0 amide bonds. The summed E-state index contributed by atoms with van der Waals surface area (Å²) in [5.74, 6) is 0.618. The first-order chi connectivity index (χ1) is 12.0. The number of carbonyl (C=O) groups excluding carboxylic acids is 1. The van der Waals surface area contributed by atoms with Crippen LogP contribution in [0.15, 0.2) is 47.5 Å². The number of ketones is 1. The van der Waals surface area contributed by atoms with Gasteiger partial charge in [-0.1, -0.05) is 17.8 Å². The maximum Gasteiger partial charge on any atom is 0.182 e. The lowest BCUT2D eigenvalue weighted by molar-refractivity contribution is 0.100. The molecule has 1 heterocycles. The maximum atomic E-state index is 13.1. The van der Waals surface area contributed by atoms with Crippen molar-refractivity contribution < 1.29 is 9.18 Å². The van der Waals surface area contributed by atoms with Crippen molar-refractivity contribution in [1.29, 1.82) is 0 Å². The van der Waals surface area contributed by atoms with Gasteiger partial charge in [0.1, 0.15) is 5.82 Å². The van der Waals surface area contributed by atoms with Crippen molar-refractivity contribution in [1.82, 2.24) is 0 Å². The van der Waals surface area contributed by atoms with Gasteiger partial charge in [-0.3, -0.25) is 9.79 Å². The molecule has 25 heavy (non-hydrogen) atoms. The number of anilines is 1. The van der Waals surface area contributed by atoms with Crippen LogP contribution in [0.2, 0.25) is 0 Å². The number of aliphatic imine (C=N–C) groups is 1. The molecule has 2 aromatic carbocycles. The monoisotopic (exact) mass is 356 g/mol. The van der Waals surface area contributed by atoms with E-state index < -0.39 is 0 Å². The predicted molar refractivity (Wildman–Crippen MR) is 103 cm³/mol. The van der Waals surface area contributed by atoms with Crippen LogP contribution in [0.4, 0.5) is 10.1 Å². The summed E-state index contributed by atoms with van der Waals surface area (Å²) in [6.07, 6.45) is 1.06. The Labute approximate surface area is 152 Å². The van der Waals surface area contributed by atoms with Crippen LogP contribution in [0, 0.1) is 19.7 Å². The fraction of sp³-hybridized carbons (Fsp3) is 0.300. The average Bonchev–Trinajstić information content (AvgIpc) is 2.63. The number of hydrogen-bond donors (Lipinski definition) is 0. The number of halogens is 1. The highest BCUT2D eigenvalue weighted by Gasteiger charge is 2.21. The highest BCUT2D eigenvalue weighted by Crippen LogP contribution is 2.25. The topological polar surface area (TPSA) is 32.7 Å². The van der Waals surface area contributed by atoms with E-state index in [1.54, 1.807) is 11.8 Å². The molecule has 0 saturated heterocycles. The van der Waals surface area contributed by atoms with Crippen LogP contribution in [0.1, 0.15) is 27.9 Å². The molecule has 0 saturated carbocycles. The smallest absolute Gasteiger partial charge is 0.182 e. The average molecular weight is 356 g/mol. The molecule has 0 atom stereocenters. The van der Waals surface area contributed by atoms with Crippen molar-refractivity contribution in [3.63, 3.8) is 0 Å². The van der Waals surface area contributed by atoms with Crippen molar-refractivity contribution >= 4 is 28.4 Å². The second-order valence-electron chi connectivity index (χ2n) is 6.15. The molecule has 3 rings (SSSR count). The number of thioether (sulfide) groups is 1. The highest BCUT2D eigenvalue weighted by atomic mass is 32.2. The van der Waals surface area contributed by atoms with Gasteiger partial charge in [-0.25, -0.2) is 4.39 Å². The van der Waals surface area contributed by atoms with Crippen molar-refractivity contribution in [2.45, 2.75) is 20.3 Å². The first-order valence-corrected chi connectivity index (χ1v) is 9.34. The fourth-order valence-corrected chi connectivity index (χ4v) is 3.61.